The quantitative estimate of drug-likeness (QED) is 0.913. The molecule has 1 fully saturated rings. The second kappa shape index (κ2) is 5.51. The van der Waals surface area contributed by atoms with E-state index in [0.717, 1.165) is 19.1 Å². The molecule has 3 rings (SSSR count). The highest BCUT2D eigenvalue weighted by atomic mass is 15.1. The fourth-order valence-electron chi connectivity index (χ4n) is 3.57. The number of rotatable bonds is 3. The molecule has 2 heterocycles. The number of hydrogen-bond donors (Lipinski definition) is 1. The van der Waals surface area contributed by atoms with Crippen LogP contribution in [0.5, 0.6) is 0 Å². The van der Waals surface area contributed by atoms with Gasteiger partial charge in [0.15, 0.2) is 0 Å². The molecule has 0 radical (unpaired) electrons. The Morgan fingerprint density at radius 1 is 1.20 bits per heavy atom. The molecule has 1 aliphatic heterocycles. The minimum atomic E-state index is 0.160. The van der Waals surface area contributed by atoms with Gasteiger partial charge in [0.25, 0.3) is 0 Å². The molecule has 1 aliphatic carbocycles. The Bertz CT molecular complexity index is 449. The fourth-order valence-corrected chi connectivity index (χ4v) is 3.57. The summed E-state index contributed by atoms with van der Waals surface area (Å²) < 4.78 is 2.41. The van der Waals surface area contributed by atoms with Gasteiger partial charge >= 0.3 is 0 Å². The first kappa shape index (κ1) is 14.1. The average Bonchev–Trinajstić information content (AvgIpc) is 3.04. The number of aryl methyl sites for hydroxylation is 1. The van der Waals surface area contributed by atoms with Gasteiger partial charge in [-0.05, 0) is 25.7 Å². The van der Waals surface area contributed by atoms with Crippen LogP contribution in [0.25, 0.3) is 0 Å². The van der Waals surface area contributed by atoms with Crippen LogP contribution >= 0.6 is 0 Å². The van der Waals surface area contributed by atoms with Gasteiger partial charge in [-0.25, -0.2) is 4.98 Å². The molecule has 0 unspecified atom stereocenters. The lowest BCUT2D eigenvalue weighted by atomic mass is 9.93. The molecule has 3 nitrogen and oxygen atoms in total. The Morgan fingerprint density at radius 2 is 1.95 bits per heavy atom. The van der Waals surface area contributed by atoms with Gasteiger partial charge in [-0.2, -0.15) is 0 Å². The molecule has 1 atom stereocenters. The summed E-state index contributed by atoms with van der Waals surface area (Å²) in [5, 5.41) is 3.79. The van der Waals surface area contributed by atoms with Crippen LogP contribution in [0.1, 0.15) is 76.7 Å². The number of hydrogen-bond acceptors (Lipinski definition) is 2. The maximum Gasteiger partial charge on any atom is 0.113 e. The summed E-state index contributed by atoms with van der Waals surface area (Å²) in [6.07, 6.45) is 10.4. The molecule has 0 spiro atoms. The third-order valence-electron chi connectivity index (χ3n) is 4.90. The number of aromatic nitrogens is 2. The molecule has 1 aromatic heterocycles. The van der Waals surface area contributed by atoms with Gasteiger partial charge in [-0.3, -0.25) is 0 Å². The maximum absolute atomic E-state index is 4.97. The monoisotopic (exact) mass is 275 g/mol. The molecule has 112 valence electrons. The van der Waals surface area contributed by atoms with Crippen LogP contribution < -0.4 is 5.32 Å². The van der Waals surface area contributed by atoms with Crippen molar-refractivity contribution >= 4 is 0 Å². The molecule has 3 heteroatoms. The predicted molar refractivity (Wildman–Crippen MR) is 83.2 cm³/mol. The van der Waals surface area contributed by atoms with Crippen molar-refractivity contribution in [2.75, 3.05) is 6.54 Å². The zero-order valence-electron chi connectivity index (χ0n) is 13.3. The second-order valence-electron chi connectivity index (χ2n) is 7.66. The van der Waals surface area contributed by atoms with Crippen molar-refractivity contribution in [3.63, 3.8) is 0 Å². The van der Waals surface area contributed by atoms with E-state index < -0.39 is 0 Å². The zero-order valence-corrected chi connectivity index (χ0v) is 13.3. The van der Waals surface area contributed by atoms with Crippen molar-refractivity contribution in [1.29, 1.82) is 0 Å². The third-order valence-corrected chi connectivity index (χ3v) is 4.90. The first-order chi connectivity index (χ1) is 9.54. The number of imidazole rings is 1. The largest absolute Gasteiger partial charge is 0.334 e. The van der Waals surface area contributed by atoms with Gasteiger partial charge in [0.05, 0.1) is 5.69 Å². The summed E-state index contributed by atoms with van der Waals surface area (Å²) >= 11 is 0. The van der Waals surface area contributed by atoms with Crippen LogP contribution in [-0.2, 0) is 12.0 Å². The van der Waals surface area contributed by atoms with E-state index in [4.69, 9.17) is 4.98 Å². The molecule has 0 amide bonds. The smallest absolute Gasteiger partial charge is 0.113 e. The molecule has 2 aliphatic rings. The number of nitrogens with zero attached hydrogens (tertiary/aromatic N) is 2. The topological polar surface area (TPSA) is 29.9 Å². The summed E-state index contributed by atoms with van der Waals surface area (Å²) in [6.45, 7) is 9.04. The highest BCUT2D eigenvalue weighted by molar-refractivity contribution is 5.17. The summed E-state index contributed by atoms with van der Waals surface area (Å²) in [6, 6.07) is 0.766. The Hall–Kier alpha value is -0.830. The summed E-state index contributed by atoms with van der Waals surface area (Å²) in [5.41, 5.74) is 1.41. The van der Waals surface area contributed by atoms with Gasteiger partial charge in [-0.15, -0.1) is 0 Å². The van der Waals surface area contributed by atoms with Crippen LogP contribution in [0.3, 0.4) is 0 Å². The van der Waals surface area contributed by atoms with Crippen LogP contribution in [0.4, 0.5) is 0 Å². The van der Waals surface area contributed by atoms with Crippen molar-refractivity contribution in [3.05, 3.63) is 17.7 Å². The van der Waals surface area contributed by atoms with E-state index in [-0.39, 0.29) is 5.41 Å². The molecule has 0 bridgehead atoms. The van der Waals surface area contributed by atoms with Crippen LogP contribution in [0.2, 0.25) is 0 Å². The van der Waals surface area contributed by atoms with E-state index >= 15 is 0 Å². The summed E-state index contributed by atoms with van der Waals surface area (Å²) in [7, 11) is 0. The lowest BCUT2D eigenvalue weighted by Crippen LogP contribution is -2.32. The molecule has 1 aromatic rings. The maximum atomic E-state index is 4.97. The molecular weight excluding hydrogens is 246 g/mol. The predicted octanol–water partition coefficient (Wildman–Crippen LogP) is 3.59. The number of fused-ring (bicyclic) bond motifs is 1. The van der Waals surface area contributed by atoms with Gasteiger partial charge in [0.2, 0.25) is 0 Å². The molecule has 1 saturated carbocycles. The van der Waals surface area contributed by atoms with E-state index in [9.17, 15) is 0 Å². The van der Waals surface area contributed by atoms with E-state index in [1.54, 1.807) is 0 Å². The number of nitrogens with one attached hydrogen (secondary N) is 1. The summed E-state index contributed by atoms with van der Waals surface area (Å²) in [4.78, 5) is 4.97. The third kappa shape index (κ3) is 2.93. The van der Waals surface area contributed by atoms with Crippen molar-refractivity contribution < 1.29 is 0 Å². The Labute approximate surface area is 123 Å². The van der Waals surface area contributed by atoms with Gasteiger partial charge in [0.1, 0.15) is 5.82 Å². The second-order valence-corrected chi connectivity index (χ2v) is 7.66. The van der Waals surface area contributed by atoms with E-state index in [2.05, 4.69) is 36.9 Å². The Balaban J connectivity index is 1.70. The molecule has 20 heavy (non-hydrogen) atoms. The van der Waals surface area contributed by atoms with E-state index in [1.807, 2.05) is 0 Å². The minimum Gasteiger partial charge on any atom is -0.334 e. The molecule has 0 saturated heterocycles. The van der Waals surface area contributed by atoms with Crippen LogP contribution in [-0.4, -0.2) is 22.1 Å². The average molecular weight is 275 g/mol. The molecule has 0 aromatic carbocycles. The first-order valence-electron chi connectivity index (χ1n) is 8.35. The van der Waals surface area contributed by atoms with E-state index in [0.29, 0.717) is 5.92 Å². The van der Waals surface area contributed by atoms with Crippen molar-refractivity contribution in [3.8, 4) is 0 Å². The van der Waals surface area contributed by atoms with Crippen LogP contribution in [0, 0.1) is 0 Å². The van der Waals surface area contributed by atoms with Gasteiger partial charge in [0, 0.05) is 36.7 Å². The minimum absolute atomic E-state index is 0.160. The van der Waals surface area contributed by atoms with Gasteiger partial charge in [-0.1, -0.05) is 33.6 Å². The molecule has 1 N–H and O–H groups in total. The summed E-state index contributed by atoms with van der Waals surface area (Å²) in [5.74, 6) is 1.94. The van der Waals surface area contributed by atoms with Crippen molar-refractivity contribution in [1.82, 2.24) is 14.9 Å². The fraction of sp³-hybridized carbons (Fsp3) is 0.824. The molecular formula is C17H29N3. The SMILES string of the molecule is CC(C)(C)c1cn2c(n1)[C@H](CNC1CCCC1)CCC2. The highest BCUT2D eigenvalue weighted by Crippen LogP contribution is 2.30. The van der Waals surface area contributed by atoms with E-state index in [1.165, 1.54) is 50.0 Å². The first-order valence-corrected chi connectivity index (χ1v) is 8.35. The Morgan fingerprint density at radius 3 is 2.65 bits per heavy atom. The van der Waals surface area contributed by atoms with Crippen molar-refractivity contribution in [2.24, 2.45) is 0 Å². The standard InChI is InChI=1S/C17H29N3/c1-17(2,3)15-12-20-10-6-7-13(16(20)19-15)11-18-14-8-4-5-9-14/h12-14,18H,4-11H2,1-3H3/t13-/m0/s1. The Kier molecular flexibility index (Phi) is 3.89. The normalized spacial score (nSPS) is 24.1. The van der Waals surface area contributed by atoms with Gasteiger partial charge < -0.3 is 9.88 Å². The van der Waals surface area contributed by atoms with Crippen molar-refractivity contribution in [2.45, 2.75) is 83.2 Å². The zero-order chi connectivity index (χ0) is 14.2. The van der Waals surface area contributed by atoms with Crippen LogP contribution in [0.15, 0.2) is 6.20 Å². The lowest BCUT2D eigenvalue weighted by molar-refractivity contribution is 0.400. The lowest BCUT2D eigenvalue weighted by Gasteiger charge is -2.25. The highest BCUT2D eigenvalue weighted by Gasteiger charge is 2.27.